The van der Waals surface area contributed by atoms with E-state index in [1.807, 2.05) is 13.8 Å². The van der Waals surface area contributed by atoms with Crippen molar-refractivity contribution in [3.63, 3.8) is 0 Å². The number of carboxylic acids is 1. The highest BCUT2D eigenvalue weighted by Gasteiger charge is 2.19. The molecule has 1 heterocycles. The van der Waals surface area contributed by atoms with Gasteiger partial charge in [-0.15, -0.1) is 0 Å². The summed E-state index contributed by atoms with van der Waals surface area (Å²) in [6, 6.07) is -0.345. The fraction of sp³-hybridized carbons (Fsp3) is 0.692. The summed E-state index contributed by atoms with van der Waals surface area (Å²) in [5.41, 5.74) is 0. The Morgan fingerprint density at radius 3 is 2.71 bits per heavy atom. The molecule has 0 fully saturated rings. The number of carbonyl (C=O) groups is 2. The maximum absolute atomic E-state index is 11.6. The first kappa shape index (κ1) is 16.9. The second-order valence-electron chi connectivity index (χ2n) is 5.34. The van der Waals surface area contributed by atoms with Crippen LogP contribution in [0.25, 0.3) is 0 Å². The van der Waals surface area contributed by atoms with Crippen LogP contribution < -0.4 is 10.6 Å². The van der Waals surface area contributed by atoms with Gasteiger partial charge in [0, 0.05) is 19.5 Å². The summed E-state index contributed by atoms with van der Waals surface area (Å²) in [7, 11) is 0. The monoisotopic (exact) mass is 297 g/mol. The molecule has 0 saturated heterocycles. The molecule has 8 heteroatoms. The summed E-state index contributed by atoms with van der Waals surface area (Å²) in [6.45, 7) is 4.55. The summed E-state index contributed by atoms with van der Waals surface area (Å²) in [6.07, 6.45) is 3.42. The van der Waals surface area contributed by atoms with Crippen molar-refractivity contribution >= 4 is 12.0 Å². The number of amides is 2. The third-order valence-corrected chi connectivity index (χ3v) is 2.96. The predicted molar refractivity (Wildman–Crippen MR) is 76.7 cm³/mol. The number of aromatic nitrogens is 3. The van der Waals surface area contributed by atoms with Gasteiger partial charge in [-0.05, 0) is 18.8 Å². The Balaban J connectivity index is 2.16. The second-order valence-corrected chi connectivity index (χ2v) is 5.34. The van der Waals surface area contributed by atoms with E-state index in [0.717, 1.165) is 12.2 Å². The summed E-state index contributed by atoms with van der Waals surface area (Å²) < 4.78 is 0. The fourth-order valence-electron chi connectivity index (χ4n) is 1.93. The third-order valence-electron chi connectivity index (χ3n) is 2.96. The molecular weight excluding hydrogens is 274 g/mol. The molecule has 0 radical (unpaired) electrons. The Kier molecular flexibility index (Phi) is 7.20. The van der Waals surface area contributed by atoms with Gasteiger partial charge in [-0.1, -0.05) is 13.8 Å². The molecule has 0 aliphatic rings. The third kappa shape index (κ3) is 7.28. The van der Waals surface area contributed by atoms with E-state index in [-0.39, 0.29) is 18.5 Å². The van der Waals surface area contributed by atoms with E-state index in [9.17, 15) is 9.59 Å². The number of urea groups is 1. The Morgan fingerprint density at radius 1 is 1.38 bits per heavy atom. The topological polar surface area (TPSA) is 120 Å². The lowest BCUT2D eigenvalue weighted by Gasteiger charge is -2.15. The van der Waals surface area contributed by atoms with Crippen molar-refractivity contribution in [1.29, 1.82) is 0 Å². The van der Waals surface area contributed by atoms with Gasteiger partial charge in [0.2, 0.25) is 0 Å². The van der Waals surface area contributed by atoms with E-state index >= 15 is 0 Å². The first-order valence-corrected chi connectivity index (χ1v) is 7.07. The number of carboxylic acid groups (broad SMARTS) is 1. The molecular formula is C13H23N5O3. The lowest BCUT2D eigenvalue weighted by atomic mass is 9.97. The first-order valence-electron chi connectivity index (χ1n) is 7.07. The number of hydrogen-bond acceptors (Lipinski definition) is 4. The van der Waals surface area contributed by atoms with Crippen molar-refractivity contribution < 1.29 is 14.7 Å². The number of nitrogens with one attached hydrogen (secondary N) is 3. The van der Waals surface area contributed by atoms with Crippen molar-refractivity contribution in [2.75, 3.05) is 13.1 Å². The molecule has 8 nitrogen and oxygen atoms in total. The molecule has 118 valence electrons. The van der Waals surface area contributed by atoms with Gasteiger partial charge in [0.1, 0.15) is 12.2 Å². The highest BCUT2D eigenvalue weighted by Crippen LogP contribution is 2.10. The van der Waals surface area contributed by atoms with E-state index in [2.05, 4.69) is 25.8 Å². The molecule has 1 unspecified atom stereocenters. The van der Waals surface area contributed by atoms with E-state index in [0.29, 0.717) is 19.4 Å². The number of rotatable bonds is 9. The summed E-state index contributed by atoms with van der Waals surface area (Å²) in [4.78, 5) is 26.6. The first-order chi connectivity index (χ1) is 9.99. The molecule has 0 aliphatic carbocycles. The van der Waals surface area contributed by atoms with E-state index in [4.69, 9.17) is 5.11 Å². The molecule has 0 spiro atoms. The number of aryl methyl sites for hydroxylation is 1. The minimum Gasteiger partial charge on any atom is -0.481 e. The van der Waals surface area contributed by atoms with Gasteiger partial charge in [-0.3, -0.25) is 9.89 Å². The number of nitrogens with zero attached hydrogens (tertiary/aromatic N) is 2. The van der Waals surface area contributed by atoms with Crippen LogP contribution in [0.15, 0.2) is 6.33 Å². The van der Waals surface area contributed by atoms with Gasteiger partial charge in [0.15, 0.2) is 0 Å². The Labute approximate surface area is 123 Å². The number of aromatic amines is 1. The largest absolute Gasteiger partial charge is 0.481 e. The molecule has 0 aromatic carbocycles. The van der Waals surface area contributed by atoms with Crippen molar-refractivity contribution in [2.45, 2.75) is 33.1 Å². The molecule has 2 amide bonds. The Bertz CT molecular complexity index is 433. The average molecular weight is 297 g/mol. The lowest BCUT2D eigenvalue weighted by molar-refractivity contribution is -0.142. The van der Waals surface area contributed by atoms with Gasteiger partial charge in [0.25, 0.3) is 0 Å². The highest BCUT2D eigenvalue weighted by molar-refractivity contribution is 5.75. The highest BCUT2D eigenvalue weighted by atomic mass is 16.4. The van der Waals surface area contributed by atoms with Gasteiger partial charge in [-0.25, -0.2) is 9.78 Å². The van der Waals surface area contributed by atoms with Gasteiger partial charge < -0.3 is 15.7 Å². The molecule has 1 aromatic rings. The van der Waals surface area contributed by atoms with E-state index in [1.54, 1.807) is 0 Å². The van der Waals surface area contributed by atoms with Gasteiger partial charge in [0.05, 0.1) is 5.92 Å². The lowest BCUT2D eigenvalue weighted by Crippen LogP contribution is -2.40. The molecule has 0 bridgehead atoms. The number of aliphatic carboxylic acids is 1. The Morgan fingerprint density at radius 2 is 2.14 bits per heavy atom. The smallest absolute Gasteiger partial charge is 0.314 e. The van der Waals surface area contributed by atoms with Crippen LogP contribution in [0.3, 0.4) is 0 Å². The van der Waals surface area contributed by atoms with Crippen LogP contribution in [0.5, 0.6) is 0 Å². The van der Waals surface area contributed by atoms with Crippen molar-refractivity contribution in [3.05, 3.63) is 12.2 Å². The van der Waals surface area contributed by atoms with Crippen LogP contribution >= 0.6 is 0 Å². The van der Waals surface area contributed by atoms with Crippen LogP contribution in [0.1, 0.15) is 32.5 Å². The van der Waals surface area contributed by atoms with Gasteiger partial charge >= 0.3 is 12.0 Å². The van der Waals surface area contributed by atoms with Crippen molar-refractivity contribution in [1.82, 2.24) is 25.8 Å². The molecule has 1 aromatic heterocycles. The minimum absolute atomic E-state index is 0.140. The Hall–Kier alpha value is -2.12. The standard InChI is InChI=1S/C13H23N5O3/c1-9(2)6-10(12(19)20)7-15-13(21)14-5-3-4-11-16-8-17-18-11/h8-10H,3-7H2,1-2H3,(H,19,20)(H2,14,15,21)(H,16,17,18). The number of hydrogen-bond donors (Lipinski definition) is 4. The van der Waals surface area contributed by atoms with E-state index < -0.39 is 11.9 Å². The van der Waals surface area contributed by atoms with Crippen LogP contribution in [-0.2, 0) is 11.2 Å². The van der Waals surface area contributed by atoms with Crippen LogP contribution in [0, 0.1) is 11.8 Å². The van der Waals surface area contributed by atoms with Gasteiger partial charge in [-0.2, -0.15) is 5.10 Å². The van der Waals surface area contributed by atoms with Crippen molar-refractivity contribution in [3.8, 4) is 0 Å². The maximum atomic E-state index is 11.6. The average Bonchev–Trinajstić information content (AvgIpc) is 2.92. The minimum atomic E-state index is -0.880. The molecule has 0 aliphatic heterocycles. The summed E-state index contributed by atoms with van der Waals surface area (Å²) >= 11 is 0. The second kappa shape index (κ2) is 8.93. The zero-order chi connectivity index (χ0) is 15.7. The number of H-pyrrole nitrogens is 1. The van der Waals surface area contributed by atoms with Crippen LogP contribution in [0.4, 0.5) is 4.79 Å². The van der Waals surface area contributed by atoms with Crippen LogP contribution in [-0.4, -0.2) is 45.4 Å². The van der Waals surface area contributed by atoms with Crippen LogP contribution in [0.2, 0.25) is 0 Å². The van der Waals surface area contributed by atoms with Crippen molar-refractivity contribution in [2.24, 2.45) is 11.8 Å². The zero-order valence-electron chi connectivity index (χ0n) is 12.4. The molecule has 21 heavy (non-hydrogen) atoms. The quantitative estimate of drug-likeness (QED) is 0.502. The summed E-state index contributed by atoms with van der Waals surface area (Å²) in [5, 5.41) is 20.8. The SMILES string of the molecule is CC(C)CC(CNC(=O)NCCCc1ncn[nH]1)C(=O)O. The number of carbonyl (C=O) groups excluding carboxylic acids is 1. The molecule has 1 rings (SSSR count). The fourth-order valence-corrected chi connectivity index (χ4v) is 1.93. The predicted octanol–water partition coefficient (Wildman–Crippen LogP) is 0.783. The summed E-state index contributed by atoms with van der Waals surface area (Å²) in [5.74, 6) is -0.378. The molecule has 1 atom stereocenters. The molecule has 0 saturated carbocycles. The zero-order valence-corrected chi connectivity index (χ0v) is 12.4. The maximum Gasteiger partial charge on any atom is 0.314 e. The van der Waals surface area contributed by atoms with E-state index in [1.165, 1.54) is 6.33 Å². The molecule has 4 N–H and O–H groups in total. The normalized spacial score (nSPS) is 12.1.